The van der Waals surface area contributed by atoms with Gasteiger partial charge in [-0.3, -0.25) is 0 Å². The fraction of sp³-hybridized carbons (Fsp3) is 0.632. The molecule has 5 nitrogen and oxygen atoms in total. The molecule has 0 amide bonds. The number of benzene rings is 2. The van der Waals surface area contributed by atoms with Crippen LogP contribution in [0.5, 0.6) is 0 Å². The van der Waals surface area contributed by atoms with Crippen molar-refractivity contribution in [1.29, 1.82) is 0 Å². The summed E-state index contributed by atoms with van der Waals surface area (Å²) in [6.45, 7) is 24.9. The van der Waals surface area contributed by atoms with Crippen LogP contribution in [0.4, 0.5) is 0 Å². The minimum atomic E-state index is -1.98. The lowest BCUT2D eigenvalue weighted by Gasteiger charge is -2.51. The summed E-state index contributed by atoms with van der Waals surface area (Å²) in [5, 5.41) is 13.3. The van der Waals surface area contributed by atoms with E-state index in [0.29, 0.717) is 52.3 Å². The van der Waals surface area contributed by atoms with E-state index in [2.05, 4.69) is 103 Å². The number of fused-ring (bicyclic) bond motifs is 1. The predicted molar refractivity (Wildman–Crippen MR) is 189 cm³/mol. The van der Waals surface area contributed by atoms with Gasteiger partial charge in [0, 0.05) is 30.3 Å². The van der Waals surface area contributed by atoms with E-state index in [1.165, 1.54) is 0 Å². The molecular formula is C38H58O5Si2. The van der Waals surface area contributed by atoms with Gasteiger partial charge in [0.2, 0.25) is 0 Å². The van der Waals surface area contributed by atoms with Crippen molar-refractivity contribution in [2.75, 3.05) is 19.8 Å². The highest BCUT2D eigenvalue weighted by Crippen LogP contribution is 2.75. The summed E-state index contributed by atoms with van der Waals surface area (Å²) in [5.41, 5.74) is 2.66. The van der Waals surface area contributed by atoms with E-state index < -0.39 is 38.4 Å². The molecule has 5 atom stereocenters. The van der Waals surface area contributed by atoms with Crippen molar-refractivity contribution >= 4 is 16.4 Å². The Kier molecular flexibility index (Phi) is 10.7. The Morgan fingerprint density at radius 2 is 1.36 bits per heavy atom. The number of rotatable bonds is 14. The van der Waals surface area contributed by atoms with E-state index >= 15 is 0 Å². The highest BCUT2D eigenvalue weighted by atomic mass is 28.4. The molecule has 45 heavy (non-hydrogen) atoms. The van der Waals surface area contributed by atoms with Crippen molar-refractivity contribution in [1.82, 2.24) is 0 Å². The van der Waals surface area contributed by atoms with E-state index in [4.69, 9.17) is 18.6 Å². The molecule has 7 heteroatoms. The highest BCUT2D eigenvalue weighted by molar-refractivity contribution is 6.83. The molecule has 0 bridgehead atoms. The van der Waals surface area contributed by atoms with Crippen LogP contribution in [-0.2, 0) is 31.9 Å². The number of aliphatic hydroxyl groups is 1. The molecule has 0 spiro atoms. The van der Waals surface area contributed by atoms with Crippen LogP contribution >= 0.6 is 0 Å². The van der Waals surface area contributed by atoms with Crippen LogP contribution in [0.3, 0.4) is 0 Å². The van der Waals surface area contributed by atoms with Gasteiger partial charge < -0.3 is 23.7 Å². The van der Waals surface area contributed by atoms with Crippen molar-refractivity contribution in [3.05, 3.63) is 71.8 Å². The largest absolute Gasteiger partial charge is 0.417 e. The topological polar surface area (TPSA) is 60.5 Å². The van der Waals surface area contributed by atoms with Crippen molar-refractivity contribution < 1.29 is 23.7 Å². The van der Waals surface area contributed by atoms with Crippen molar-refractivity contribution in [3.63, 3.8) is 0 Å². The Bertz CT molecular complexity index is 1330. The maximum Gasteiger partial charge on any atom is 0.191 e. The van der Waals surface area contributed by atoms with Crippen molar-refractivity contribution in [2.45, 2.75) is 122 Å². The Morgan fingerprint density at radius 3 is 1.87 bits per heavy atom. The Balaban J connectivity index is 1.66. The summed E-state index contributed by atoms with van der Waals surface area (Å²) < 4.78 is 26.4. The summed E-state index contributed by atoms with van der Waals surface area (Å²) in [4.78, 5) is 0. The number of epoxide rings is 1. The lowest BCUT2D eigenvalue weighted by molar-refractivity contribution is -0.213. The molecule has 1 N–H and O–H groups in total. The average Bonchev–Trinajstić information content (AvgIpc) is 3.69. The molecule has 2 fully saturated rings. The van der Waals surface area contributed by atoms with Gasteiger partial charge in [0.15, 0.2) is 8.32 Å². The van der Waals surface area contributed by atoms with Crippen molar-refractivity contribution in [3.8, 4) is 11.5 Å². The number of hydrogen-bond acceptors (Lipinski definition) is 5. The first-order valence-electron chi connectivity index (χ1n) is 16.7. The third-order valence-corrected chi connectivity index (χ3v) is 16.4. The smallest absolute Gasteiger partial charge is 0.191 e. The fourth-order valence-corrected chi connectivity index (χ4v) is 8.62. The van der Waals surface area contributed by atoms with Gasteiger partial charge in [-0.25, -0.2) is 0 Å². The minimum absolute atomic E-state index is 0.104. The van der Waals surface area contributed by atoms with Gasteiger partial charge in [0.05, 0.1) is 32.5 Å². The second-order valence-corrected chi connectivity index (χ2v) is 25.9. The highest BCUT2D eigenvalue weighted by Gasteiger charge is 2.87. The lowest BCUT2D eigenvalue weighted by atomic mass is 9.60. The maximum atomic E-state index is 13.2. The van der Waals surface area contributed by atoms with Crippen LogP contribution in [0.15, 0.2) is 60.7 Å². The molecule has 4 rings (SSSR count). The second-order valence-electron chi connectivity index (χ2n) is 16.4. The molecule has 0 unspecified atom stereocenters. The molecule has 248 valence electrons. The van der Waals surface area contributed by atoms with Crippen LogP contribution in [0, 0.1) is 22.3 Å². The van der Waals surface area contributed by atoms with Crippen LogP contribution in [0.1, 0.15) is 65.0 Å². The molecule has 2 aromatic carbocycles. The third-order valence-electron chi connectivity index (χ3n) is 11.0. The lowest BCUT2D eigenvalue weighted by Crippen LogP contribution is -2.60. The van der Waals surface area contributed by atoms with Gasteiger partial charge in [-0.15, -0.1) is 11.5 Å². The average molecular weight is 651 g/mol. The van der Waals surface area contributed by atoms with Gasteiger partial charge in [0.1, 0.15) is 19.3 Å². The molecule has 1 aliphatic heterocycles. The van der Waals surface area contributed by atoms with Gasteiger partial charge >= 0.3 is 0 Å². The fourth-order valence-electron chi connectivity index (χ4n) is 6.92. The van der Waals surface area contributed by atoms with E-state index in [9.17, 15) is 5.11 Å². The molecule has 0 radical (unpaired) electrons. The predicted octanol–water partition coefficient (Wildman–Crippen LogP) is 8.39. The van der Waals surface area contributed by atoms with Gasteiger partial charge in [0.25, 0.3) is 0 Å². The molecular weight excluding hydrogens is 593 g/mol. The Hall–Kier alpha value is -1.77. The number of ether oxygens (including phenoxy) is 3. The van der Waals surface area contributed by atoms with E-state index in [-0.39, 0.29) is 11.1 Å². The first-order chi connectivity index (χ1) is 20.9. The summed E-state index contributed by atoms with van der Waals surface area (Å²) >= 11 is 0. The van der Waals surface area contributed by atoms with Gasteiger partial charge in [-0.1, -0.05) is 115 Å². The summed E-state index contributed by atoms with van der Waals surface area (Å²) in [5.74, 6) is 3.45. The molecule has 1 heterocycles. The summed E-state index contributed by atoms with van der Waals surface area (Å²) in [6, 6.07) is 20.5. The molecule has 2 aromatic rings. The number of hydrogen-bond donors (Lipinski definition) is 1. The molecule has 1 aliphatic carbocycles. The monoisotopic (exact) mass is 650 g/mol. The quantitative estimate of drug-likeness (QED) is 0.126. The van der Waals surface area contributed by atoms with Crippen LogP contribution in [-0.4, -0.2) is 58.6 Å². The summed E-state index contributed by atoms with van der Waals surface area (Å²) in [7, 11) is -3.53. The second kappa shape index (κ2) is 13.4. The van der Waals surface area contributed by atoms with Crippen LogP contribution in [0.2, 0.25) is 37.8 Å². The standard InChI is InChI=1S/C38H58O5Si2/c1-34(2,3)45(9,10)42-25-24-37-33(43-37)35(4,29-40-27-31-19-13-11-14-20-31)36(5,30-41-28-32-21-15-12-16-22-32)38(37,39)23-17-18-26-44(6,7)8/h11-16,19-22,33,39H,17,23-25,27-30H2,1-10H3/t33-,35-,36-,37-,38+/m1/s1. The van der Waals surface area contributed by atoms with Gasteiger partial charge in [-0.2, -0.15) is 0 Å². The Labute approximate surface area is 275 Å². The van der Waals surface area contributed by atoms with Crippen molar-refractivity contribution in [2.24, 2.45) is 10.8 Å². The zero-order valence-corrected chi connectivity index (χ0v) is 31.6. The first kappa shape index (κ1) is 36.1. The molecule has 0 aromatic heterocycles. The van der Waals surface area contributed by atoms with E-state index in [1.807, 2.05) is 36.4 Å². The van der Waals surface area contributed by atoms with Gasteiger partial charge in [-0.05, 0) is 35.7 Å². The van der Waals surface area contributed by atoms with E-state index in [1.54, 1.807) is 0 Å². The van der Waals surface area contributed by atoms with E-state index in [0.717, 1.165) is 11.1 Å². The third kappa shape index (κ3) is 7.38. The molecule has 1 saturated heterocycles. The molecule has 2 aliphatic rings. The zero-order chi connectivity index (χ0) is 33.2. The SMILES string of the molecule is CC(C)(C)[Si](C)(C)OCC[C@@]12O[C@@H]1[C@@](C)(COCc1ccccc1)[C@@](C)(COCc1ccccc1)[C@@]2(O)CCC#C[Si](C)(C)C. The van der Waals surface area contributed by atoms with Crippen LogP contribution in [0.25, 0.3) is 0 Å². The molecule has 1 saturated carbocycles. The maximum absolute atomic E-state index is 13.2. The summed E-state index contributed by atoms with van der Waals surface area (Å²) in [6.07, 6.45) is 1.58. The Morgan fingerprint density at radius 1 is 0.822 bits per heavy atom. The minimum Gasteiger partial charge on any atom is -0.417 e. The zero-order valence-electron chi connectivity index (χ0n) is 29.6. The normalized spacial score (nSPS) is 29.6. The first-order valence-corrected chi connectivity index (χ1v) is 23.1. The van der Waals surface area contributed by atoms with Crippen LogP contribution < -0.4 is 0 Å².